The van der Waals surface area contributed by atoms with E-state index >= 15 is 0 Å². The van der Waals surface area contributed by atoms with Crippen LogP contribution in [0.15, 0.2) is 47.1 Å². The first-order chi connectivity index (χ1) is 16.0. The summed E-state index contributed by atoms with van der Waals surface area (Å²) in [6, 6.07) is 11.4. The highest BCUT2D eigenvalue weighted by atomic mass is 16.5. The molecule has 0 bridgehead atoms. The summed E-state index contributed by atoms with van der Waals surface area (Å²) >= 11 is 0. The molecule has 1 unspecified atom stereocenters. The minimum Gasteiger partial charge on any atom is -0.494 e. The molecule has 2 aromatic heterocycles. The second-order valence-electron chi connectivity index (χ2n) is 8.83. The summed E-state index contributed by atoms with van der Waals surface area (Å²) in [6.45, 7) is 10.3. The highest BCUT2D eigenvalue weighted by Gasteiger charge is 2.27. The molecule has 1 N–H and O–H groups in total. The lowest BCUT2D eigenvalue weighted by molar-refractivity contribution is 0.0900. The number of carbonyl (C=O) groups is 1. The number of furan rings is 1. The van der Waals surface area contributed by atoms with E-state index in [4.69, 9.17) is 9.15 Å². The van der Waals surface area contributed by atoms with Crippen molar-refractivity contribution in [3.63, 3.8) is 0 Å². The zero-order valence-corrected chi connectivity index (χ0v) is 19.7. The van der Waals surface area contributed by atoms with Crippen LogP contribution in [0.5, 0.6) is 5.75 Å². The van der Waals surface area contributed by atoms with Crippen molar-refractivity contribution in [1.82, 2.24) is 25.0 Å². The van der Waals surface area contributed by atoms with E-state index in [9.17, 15) is 4.79 Å². The van der Waals surface area contributed by atoms with E-state index in [1.807, 2.05) is 19.1 Å². The Morgan fingerprint density at radius 2 is 2.00 bits per heavy atom. The third kappa shape index (κ3) is 5.63. The molecule has 1 atom stereocenters. The van der Waals surface area contributed by atoms with Crippen molar-refractivity contribution >= 4 is 5.91 Å². The van der Waals surface area contributed by atoms with E-state index in [-0.39, 0.29) is 11.9 Å². The first-order valence-corrected chi connectivity index (χ1v) is 11.7. The number of rotatable bonds is 9. The summed E-state index contributed by atoms with van der Waals surface area (Å²) < 4.78 is 13.3. The molecular weight excluding hydrogens is 418 g/mol. The predicted octanol–water partition coefficient (Wildman–Crippen LogP) is 3.85. The van der Waals surface area contributed by atoms with Gasteiger partial charge in [-0.2, -0.15) is 0 Å². The molecule has 1 aromatic carbocycles. The number of amides is 1. The van der Waals surface area contributed by atoms with Gasteiger partial charge in [0.15, 0.2) is 11.6 Å². The number of fused-ring (bicyclic) bond motifs is 1. The van der Waals surface area contributed by atoms with Crippen LogP contribution >= 0.6 is 0 Å². The van der Waals surface area contributed by atoms with Crippen molar-refractivity contribution in [1.29, 1.82) is 0 Å². The standard InChI is InChI=1S/C25H33N5O3/c1-4-32-21-9-6-5-8-19(21)17-29-12-11-23-27-28-24(30(23)14-13-29)20(16-18(2)3)26-25(31)22-10-7-15-33-22/h5-10,15,18,20H,4,11-14,16-17H2,1-3H3,(H,26,31). The van der Waals surface area contributed by atoms with Gasteiger partial charge in [0, 0.05) is 38.2 Å². The van der Waals surface area contributed by atoms with Gasteiger partial charge in [-0.15, -0.1) is 10.2 Å². The Hall–Kier alpha value is -3.13. The van der Waals surface area contributed by atoms with Crippen molar-refractivity contribution in [2.45, 2.75) is 52.7 Å². The highest BCUT2D eigenvalue weighted by Crippen LogP contribution is 2.24. The summed E-state index contributed by atoms with van der Waals surface area (Å²) in [5.74, 6) is 3.19. The number of hydrogen-bond acceptors (Lipinski definition) is 6. The summed E-state index contributed by atoms with van der Waals surface area (Å²) in [6.07, 6.45) is 3.09. The van der Waals surface area contributed by atoms with Gasteiger partial charge < -0.3 is 19.0 Å². The molecule has 0 fully saturated rings. The topological polar surface area (TPSA) is 85.4 Å². The fourth-order valence-corrected chi connectivity index (χ4v) is 4.31. The molecular formula is C25H33N5O3. The molecule has 1 aliphatic rings. The molecule has 8 heteroatoms. The van der Waals surface area contributed by atoms with Crippen molar-refractivity contribution in [2.24, 2.45) is 5.92 Å². The average Bonchev–Trinajstić information content (AvgIpc) is 3.43. The van der Waals surface area contributed by atoms with Gasteiger partial charge in [0.05, 0.1) is 18.9 Å². The molecule has 0 saturated carbocycles. The molecule has 0 aliphatic carbocycles. The lowest BCUT2D eigenvalue weighted by Gasteiger charge is -2.22. The molecule has 8 nitrogen and oxygen atoms in total. The van der Waals surface area contributed by atoms with Crippen LogP contribution in [0.3, 0.4) is 0 Å². The van der Waals surface area contributed by atoms with Crippen molar-refractivity contribution in [3.8, 4) is 5.75 Å². The van der Waals surface area contributed by atoms with Gasteiger partial charge in [-0.05, 0) is 37.5 Å². The maximum Gasteiger partial charge on any atom is 0.287 e. The second-order valence-corrected chi connectivity index (χ2v) is 8.83. The van der Waals surface area contributed by atoms with Crippen LogP contribution in [-0.2, 0) is 19.5 Å². The lowest BCUT2D eigenvalue weighted by Crippen LogP contribution is -2.32. The van der Waals surface area contributed by atoms with Crippen LogP contribution < -0.4 is 10.1 Å². The number of nitrogens with zero attached hydrogens (tertiary/aromatic N) is 4. The van der Waals surface area contributed by atoms with E-state index in [1.54, 1.807) is 12.1 Å². The zero-order valence-electron chi connectivity index (χ0n) is 19.7. The normalized spacial score (nSPS) is 15.2. The third-order valence-corrected chi connectivity index (χ3v) is 5.88. The van der Waals surface area contributed by atoms with E-state index in [1.165, 1.54) is 11.8 Å². The third-order valence-electron chi connectivity index (χ3n) is 5.88. The Morgan fingerprint density at radius 3 is 2.76 bits per heavy atom. The number of ether oxygens (including phenoxy) is 1. The molecule has 0 radical (unpaired) electrons. The van der Waals surface area contributed by atoms with Gasteiger partial charge in [-0.1, -0.05) is 32.0 Å². The lowest BCUT2D eigenvalue weighted by atomic mass is 10.0. The Labute approximate surface area is 194 Å². The summed E-state index contributed by atoms with van der Waals surface area (Å²) in [4.78, 5) is 15.1. The molecule has 0 spiro atoms. The Balaban J connectivity index is 1.49. The van der Waals surface area contributed by atoms with E-state index in [0.717, 1.165) is 56.4 Å². The van der Waals surface area contributed by atoms with Gasteiger partial charge in [-0.25, -0.2) is 0 Å². The molecule has 1 amide bonds. The van der Waals surface area contributed by atoms with Crippen LogP contribution in [-0.4, -0.2) is 45.3 Å². The largest absolute Gasteiger partial charge is 0.494 e. The van der Waals surface area contributed by atoms with Gasteiger partial charge >= 0.3 is 0 Å². The van der Waals surface area contributed by atoms with Gasteiger partial charge in [0.2, 0.25) is 0 Å². The van der Waals surface area contributed by atoms with Gasteiger partial charge in [0.25, 0.3) is 5.91 Å². The molecule has 33 heavy (non-hydrogen) atoms. The molecule has 176 valence electrons. The summed E-state index contributed by atoms with van der Waals surface area (Å²) in [7, 11) is 0. The van der Waals surface area contributed by atoms with E-state index < -0.39 is 0 Å². The molecule has 3 aromatic rings. The fraction of sp³-hybridized carbons (Fsp3) is 0.480. The minimum absolute atomic E-state index is 0.228. The SMILES string of the molecule is CCOc1ccccc1CN1CCc2nnc(C(CC(C)C)NC(=O)c3ccco3)n2CC1. The quantitative estimate of drug-likeness (QED) is 0.532. The number of para-hydroxylation sites is 1. The maximum absolute atomic E-state index is 12.7. The number of nitrogens with one attached hydrogen (secondary N) is 1. The smallest absolute Gasteiger partial charge is 0.287 e. The Morgan fingerprint density at radius 1 is 1.15 bits per heavy atom. The van der Waals surface area contributed by atoms with Crippen LogP contribution in [0.2, 0.25) is 0 Å². The first kappa shape index (κ1) is 23.0. The number of carbonyl (C=O) groups excluding carboxylic acids is 1. The highest BCUT2D eigenvalue weighted by molar-refractivity contribution is 5.91. The monoisotopic (exact) mass is 451 g/mol. The summed E-state index contributed by atoms with van der Waals surface area (Å²) in [5.41, 5.74) is 1.20. The van der Waals surface area contributed by atoms with Crippen molar-refractivity contribution < 1.29 is 13.9 Å². The van der Waals surface area contributed by atoms with Gasteiger partial charge in [-0.3, -0.25) is 9.69 Å². The van der Waals surface area contributed by atoms with Crippen molar-refractivity contribution in [2.75, 3.05) is 19.7 Å². The number of benzene rings is 1. The maximum atomic E-state index is 12.7. The Kier molecular flexibility index (Phi) is 7.44. The van der Waals surface area contributed by atoms with Crippen LogP contribution in [0.1, 0.15) is 61.0 Å². The molecule has 4 rings (SSSR count). The second kappa shape index (κ2) is 10.7. The Bertz CT molecular complexity index is 1040. The van der Waals surface area contributed by atoms with E-state index in [2.05, 4.69) is 51.0 Å². The average molecular weight is 452 g/mol. The first-order valence-electron chi connectivity index (χ1n) is 11.7. The van der Waals surface area contributed by atoms with Crippen LogP contribution in [0.25, 0.3) is 0 Å². The van der Waals surface area contributed by atoms with Crippen molar-refractivity contribution in [3.05, 3.63) is 65.6 Å². The number of hydrogen-bond donors (Lipinski definition) is 1. The zero-order chi connectivity index (χ0) is 23.2. The predicted molar refractivity (Wildman–Crippen MR) is 125 cm³/mol. The molecule has 3 heterocycles. The summed E-state index contributed by atoms with van der Waals surface area (Å²) in [5, 5.41) is 12.1. The van der Waals surface area contributed by atoms with Crippen LogP contribution in [0.4, 0.5) is 0 Å². The fourth-order valence-electron chi connectivity index (χ4n) is 4.31. The molecule has 0 saturated heterocycles. The minimum atomic E-state index is -0.231. The molecule has 1 aliphatic heterocycles. The van der Waals surface area contributed by atoms with Crippen LogP contribution in [0, 0.1) is 5.92 Å². The van der Waals surface area contributed by atoms with E-state index in [0.29, 0.717) is 18.3 Å². The number of aromatic nitrogens is 3. The van der Waals surface area contributed by atoms with Gasteiger partial charge in [0.1, 0.15) is 11.6 Å².